The summed E-state index contributed by atoms with van der Waals surface area (Å²) in [5.41, 5.74) is 2.73. The van der Waals surface area contributed by atoms with E-state index in [-0.39, 0.29) is 18.2 Å². The molecule has 8 heteroatoms. The number of carbonyl (C=O) groups excluding carboxylic acids is 2. The quantitative estimate of drug-likeness (QED) is 0.630. The van der Waals surface area contributed by atoms with Crippen molar-refractivity contribution >= 4 is 23.5 Å². The van der Waals surface area contributed by atoms with Gasteiger partial charge < -0.3 is 18.6 Å². The molecule has 1 amide bonds. The summed E-state index contributed by atoms with van der Waals surface area (Å²) in [6, 6.07) is 10.0. The Morgan fingerprint density at radius 2 is 2.07 bits per heavy atom. The van der Waals surface area contributed by atoms with Gasteiger partial charge in [-0.15, -0.1) is 0 Å². The summed E-state index contributed by atoms with van der Waals surface area (Å²) >= 11 is 5.96. The Hall–Kier alpha value is -3.06. The fraction of sp³-hybridized carbons (Fsp3) is 0.250. The lowest BCUT2D eigenvalue weighted by Gasteiger charge is -2.33. The van der Waals surface area contributed by atoms with Crippen LogP contribution >= 0.6 is 11.6 Å². The van der Waals surface area contributed by atoms with E-state index in [0.717, 1.165) is 17.0 Å². The molecule has 0 fully saturated rings. The summed E-state index contributed by atoms with van der Waals surface area (Å²) in [6.07, 6.45) is 3.46. The van der Waals surface area contributed by atoms with Gasteiger partial charge in [0.05, 0.1) is 37.6 Å². The fourth-order valence-electron chi connectivity index (χ4n) is 3.39. The highest BCUT2D eigenvalue weighted by Gasteiger charge is 2.38. The monoisotopic (exact) mass is 399 g/mol. The Bertz CT molecular complexity index is 995. The molecule has 0 bridgehead atoms. The maximum absolute atomic E-state index is 12.9. The number of fused-ring (bicyclic) bond motifs is 1. The molecule has 28 heavy (non-hydrogen) atoms. The number of rotatable bonds is 4. The van der Waals surface area contributed by atoms with Crippen molar-refractivity contribution in [2.45, 2.75) is 25.6 Å². The number of hydrogen-bond acceptors (Lipinski definition) is 5. The minimum Gasteiger partial charge on any atom is -0.467 e. The number of aromatic nitrogens is 2. The molecule has 0 spiro atoms. The standard InChI is InChI=1S/C20H18ClN3O4/c1-27-20(26)16-9-15-17(11-24(16)19(25)18-3-2-8-28-18)23(12-22-15)10-13-4-6-14(21)7-5-13/h2-8,12,16H,9-11H2,1H3. The summed E-state index contributed by atoms with van der Waals surface area (Å²) in [7, 11) is 1.31. The van der Waals surface area contributed by atoms with E-state index >= 15 is 0 Å². The largest absolute Gasteiger partial charge is 0.467 e. The molecule has 7 nitrogen and oxygen atoms in total. The molecule has 3 aromatic rings. The summed E-state index contributed by atoms with van der Waals surface area (Å²) in [5.74, 6) is -0.649. The first-order chi connectivity index (χ1) is 13.6. The fourth-order valence-corrected chi connectivity index (χ4v) is 3.52. The van der Waals surface area contributed by atoms with Gasteiger partial charge in [-0.25, -0.2) is 9.78 Å². The van der Waals surface area contributed by atoms with E-state index in [4.69, 9.17) is 20.8 Å². The highest BCUT2D eigenvalue weighted by molar-refractivity contribution is 6.30. The maximum atomic E-state index is 12.9. The van der Waals surface area contributed by atoms with Gasteiger partial charge in [0.2, 0.25) is 0 Å². The lowest BCUT2D eigenvalue weighted by atomic mass is 10.0. The molecule has 1 aliphatic heterocycles. The molecule has 0 saturated carbocycles. The van der Waals surface area contributed by atoms with E-state index in [1.54, 1.807) is 18.5 Å². The number of hydrogen-bond donors (Lipinski definition) is 0. The highest BCUT2D eigenvalue weighted by atomic mass is 35.5. The number of nitrogens with zero attached hydrogens (tertiary/aromatic N) is 3. The van der Waals surface area contributed by atoms with Crippen LogP contribution in [0.25, 0.3) is 0 Å². The smallest absolute Gasteiger partial charge is 0.329 e. The van der Waals surface area contributed by atoms with Crippen LogP contribution in [0.5, 0.6) is 0 Å². The van der Waals surface area contributed by atoms with E-state index in [1.165, 1.54) is 18.3 Å². The number of amides is 1. The van der Waals surface area contributed by atoms with Gasteiger partial charge in [0.15, 0.2) is 5.76 Å². The SMILES string of the molecule is COC(=O)C1Cc2ncn(Cc3ccc(Cl)cc3)c2CN1C(=O)c1ccco1. The summed E-state index contributed by atoms with van der Waals surface area (Å²) in [6.45, 7) is 0.827. The van der Waals surface area contributed by atoms with E-state index in [2.05, 4.69) is 4.98 Å². The number of benzene rings is 1. The number of imidazole rings is 1. The molecule has 1 aliphatic rings. The van der Waals surface area contributed by atoms with Crippen molar-refractivity contribution in [2.75, 3.05) is 7.11 Å². The predicted octanol–water partition coefficient (Wildman–Crippen LogP) is 2.92. The third kappa shape index (κ3) is 3.41. The number of halogens is 1. The van der Waals surface area contributed by atoms with Crippen molar-refractivity contribution in [3.63, 3.8) is 0 Å². The topological polar surface area (TPSA) is 77.6 Å². The van der Waals surface area contributed by atoms with Crippen molar-refractivity contribution in [3.05, 3.63) is 76.7 Å². The van der Waals surface area contributed by atoms with E-state index in [0.29, 0.717) is 18.0 Å². The number of carbonyl (C=O) groups is 2. The Labute approximate surface area is 166 Å². The molecule has 4 rings (SSSR count). The summed E-state index contributed by atoms with van der Waals surface area (Å²) < 4.78 is 12.1. The first-order valence-electron chi connectivity index (χ1n) is 8.76. The minimum absolute atomic E-state index is 0.182. The van der Waals surface area contributed by atoms with Crippen LogP contribution in [0.15, 0.2) is 53.4 Å². The molecule has 0 radical (unpaired) electrons. The van der Waals surface area contributed by atoms with Crippen LogP contribution in [0.2, 0.25) is 5.02 Å². The third-order valence-corrected chi connectivity index (χ3v) is 5.10. The Balaban J connectivity index is 1.65. The Morgan fingerprint density at radius 3 is 2.75 bits per heavy atom. The molecule has 3 heterocycles. The summed E-state index contributed by atoms with van der Waals surface area (Å²) in [5, 5.41) is 0.674. The van der Waals surface area contributed by atoms with E-state index in [9.17, 15) is 9.59 Å². The van der Waals surface area contributed by atoms with Crippen LogP contribution in [0.3, 0.4) is 0 Å². The molecule has 0 aliphatic carbocycles. The Morgan fingerprint density at radius 1 is 1.29 bits per heavy atom. The molecule has 1 atom stereocenters. The summed E-state index contributed by atoms with van der Waals surface area (Å²) in [4.78, 5) is 31.1. The average molecular weight is 400 g/mol. The third-order valence-electron chi connectivity index (χ3n) is 4.85. The van der Waals surface area contributed by atoms with E-state index in [1.807, 2.05) is 28.8 Å². The van der Waals surface area contributed by atoms with Crippen LogP contribution in [-0.4, -0.2) is 39.5 Å². The molecule has 0 saturated heterocycles. The normalized spacial score (nSPS) is 15.9. The van der Waals surface area contributed by atoms with Gasteiger partial charge in [-0.1, -0.05) is 23.7 Å². The number of methoxy groups -OCH3 is 1. The van der Waals surface area contributed by atoms with Crippen LogP contribution in [0, 0.1) is 0 Å². The highest BCUT2D eigenvalue weighted by Crippen LogP contribution is 2.26. The van der Waals surface area contributed by atoms with Gasteiger partial charge in [-0.2, -0.15) is 0 Å². The zero-order valence-corrected chi connectivity index (χ0v) is 15.9. The van der Waals surface area contributed by atoms with Crippen molar-refractivity contribution in [1.82, 2.24) is 14.5 Å². The molecule has 0 N–H and O–H groups in total. The van der Waals surface area contributed by atoms with Crippen LogP contribution < -0.4 is 0 Å². The molecular formula is C20H18ClN3O4. The second kappa shape index (κ2) is 7.52. The first kappa shape index (κ1) is 18.3. The van der Waals surface area contributed by atoms with Crippen LogP contribution in [-0.2, 0) is 29.0 Å². The van der Waals surface area contributed by atoms with Gasteiger partial charge in [-0.05, 0) is 29.8 Å². The second-order valence-electron chi connectivity index (χ2n) is 6.55. The zero-order valence-electron chi connectivity index (χ0n) is 15.2. The first-order valence-corrected chi connectivity index (χ1v) is 9.14. The zero-order chi connectivity index (χ0) is 19.7. The van der Waals surface area contributed by atoms with Crippen molar-refractivity contribution in [3.8, 4) is 0 Å². The van der Waals surface area contributed by atoms with Crippen molar-refractivity contribution < 1.29 is 18.7 Å². The van der Waals surface area contributed by atoms with Gasteiger partial charge >= 0.3 is 5.97 Å². The lowest BCUT2D eigenvalue weighted by molar-refractivity contribution is -0.146. The van der Waals surface area contributed by atoms with Crippen LogP contribution in [0.4, 0.5) is 0 Å². The Kier molecular flexibility index (Phi) is 4.92. The van der Waals surface area contributed by atoms with Gasteiger partial charge in [-0.3, -0.25) is 4.79 Å². The second-order valence-corrected chi connectivity index (χ2v) is 6.98. The number of ether oxygens (including phenoxy) is 1. The molecule has 1 aromatic carbocycles. The predicted molar refractivity (Wildman–Crippen MR) is 101 cm³/mol. The van der Waals surface area contributed by atoms with Gasteiger partial charge in [0.25, 0.3) is 5.91 Å². The van der Waals surface area contributed by atoms with E-state index < -0.39 is 12.0 Å². The lowest BCUT2D eigenvalue weighted by Crippen LogP contribution is -2.49. The maximum Gasteiger partial charge on any atom is 0.329 e. The molecular weight excluding hydrogens is 382 g/mol. The van der Waals surface area contributed by atoms with Crippen molar-refractivity contribution in [1.29, 1.82) is 0 Å². The van der Waals surface area contributed by atoms with Gasteiger partial charge in [0, 0.05) is 18.0 Å². The average Bonchev–Trinajstić information content (AvgIpc) is 3.38. The molecule has 2 aromatic heterocycles. The minimum atomic E-state index is -0.742. The van der Waals surface area contributed by atoms with Gasteiger partial charge in [0.1, 0.15) is 6.04 Å². The molecule has 144 valence electrons. The molecule has 1 unspecified atom stereocenters. The number of furan rings is 1. The number of esters is 1. The van der Waals surface area contributed by atoms with Crippen LogP contribution in [0.1, 0.15) is 27.5 Å². The van der Waals surface area contributed by atoms with Crippen molar-refractivity contribution in [2.24, 2.45) is 0 Å².